The van der Waals surface area contributed by atoms with Crippen molar-refractivity contribution >= 4 is 3.21 Å². The molecule has 38 heavy (non-hydrogen) atoms. The Balaban J connectivity index is 0.000000398. The Bertz CT molecular complexity index is 1320. The van der Waals surface area contributed by atoms with Gasteiger partial charge in [-0.15, -0.1) is 28.8 Å². The summed E-state index contributed by atoms with van der Waals surface area (Å²) in [5.74, 6) is 0. The van der Waals surface area contributed by atoms with Crippen molar-refractivity contribution in [1.29, 1.82) is 0 Å². The smallest absolute Gasteiger partial charge is 0.0176 e. The molecule has 0 radical (unpaired) electrons. The molecule has 0 aromatic heterocycles. The van der Waals surface area contributed by atoms with E-state index in [1.807, 2.05) is 30.3 Å². The van der Waals surface area contributed by atoms with Gasteiger partial charge in [-0.05, 0) is 47.2 Å². The molecule has 0 bridgehead atoms. The Morgan fingerprint density at radius 2 is 1.21 bits per heavy atom. The topological polar surface area (TPSA) is 0 Å². The molecule has 5 aromatic carbocycles. The van der Waals surface area contributed by atoms with Crippen molar-refractivity contribution in [3.05, 3.63) is 138 Å². The van der Waals surface area contributed by atoms with Crippen LogP contribution in [0.2, 0.25) is 0 Å². The van der Waals surface area contributed by atoms with Gasteiger partial charge in [0.05, 0.1) is 0 Å². The van der Waals surface area contributed by atoms with Crippen molar-refractivity contribution in [1.82, 2.24) is 0 Å². The van der Waals surface area contributed by atoms with Crippen LogP contribution in [0.5, 0.6) is 0 Å². The fourth-order valence-electron chi connectivity index (χ4n) is 4.58. The second-order valence-corrected chi connectivity index (χ2v) is 11.8. The summed E-state index contributed by atoms with van der Waals surface area (Å²) in [7, 11) is 0. The third-order valence-corrected chi connectivity index (χ3v) is 6.25. The van der Waals surface area contributed by atoms with Gasteiger partial charge in [0, 0.05) is 0 Å². The number of fused-ring (bicyclic) bond motifs is 3. The summed E-state index contributed by atoms with van der Waals surface area (Å²) in [6, 6.07) is 41.9. The van der Waals surface area contributed by atoms with Crippen molar-refractivity contribution in [2.24, 2.45) is 0 Å². The molecule has 0 unspecified atom stereocenters. The minimum Gasteiger partial charge on any atom is -1.00 e. The first-order chi connectivity index (χ1) is 17.4. The Morgan fingerprint density at radius 1 is 0.684 bits per heavy atom. The summed E-state index contributed by atoms with van der Waals surface area (Å²) in [6.07, 6.45) is 1.02. The maximum Gasteiger partial charge on any atom is -0.0176 e. The van der Waals surface area contributed by atoms with Gasteiger partial charge in [-0.1, -0.05) is 84.8 Å². The molecule has 0 saturated carbocycles. The molecule has 6 rings (SSSR count). The molecule has 5 aromatic rings. The van der Waals surface area contributed by atoms with Crippen LogP contribution in [0, 0.1) is 19.9 Å². The van der Waals surface area contributed by atoms with E-state index in [1.165, 1.54) is 58.8 Å². The molecule has 3 heteroatoms. The number of hydrogen-bond acceptors (Lipinski definition) is 0. The van der Waals surface area contributed by atoms with Crippen molar-refractivity contribution < 1.29 is 49.0 Å². The zero-order valence-corrected chi connectivity index (χ0v) is 26.3. The van der Waals surface area contributed by atoms with E-state index in [0.29, 0.717) is 0 Å². The number of aryl methyl sites for hydroxylation is 2. The minimum atomic E-state index is 0. The van der Waals surface area contributed by atoms with Crippen LogP contribution >= 0.6 is 0 Å². The van der Waals surface area contributed by atoms with Crippen LogP contribution in [0.4, 0.5) is 0 Å². The number of benzene rings is 4. The monoisotopic (exact) mass is 612 g/mol. The maximum absolute atomic E-state index is 3.62. The van der Waals surface area contributed by atoms with Crippen LogP contribution in [0.15, 0.2) is 109 Å². The molecule has 0 atom stereocenters. The van der Waals surface area contributed by atoms with Gasteiger partial charge in [-0.2, -0.15) is 18.2 Å². The Labute approximate surface area is 255 Å². The quantitative estimate of drug-likeness (QED) is 0.263. The molecule has 1 aliphatic rings. The molecule has 0 aliphatic heterocycles. The minimum absolute atomic E-state index is 0. The van der Waals surface area contributed by atoms with Crippen molar-refractivity contribution in [2.75, 3.05) is 0 Å². The van der Waals surface area contributed by atoms with Crippen LogP contribution in [-0.2, 0) is 30.7 Å². The average molecular weight is 615 g/mol. The average Bonchev–Trinajstić information content (AvgIpc) is 3.58. The first-order valence-corrected chi connectivity index (χ1v) is 13.7. The van der Waals surface area contributed by atoms with Gasteiger partial charge in [-0.3, -0.25) is 0 Å². The van der Waals surface area contributed by atoms with Gasteiger partial charge in [0.25, 0.3) is 0 Å². The molecule has 0 amide bonds. The van der Waals surface area contributed by atoms with E-state index in [2.05, 4.69) is 113 Å². The van der Waals surface area contributed by atoms with E-state index in [4.69, 9.17) is 0 Å². The fourth-order valence-corrected chi connectivity index (χ4v) is 4.58. The summed E-state index contributed by atoms with van der Waals surface area (Å²) in [6.45, 7) is 8.69. The molecule has 0 nitrogen and oxygen atoms in total. The van der Waals surface area contributed by atoms with E-state index < -0.39 is 0 Å². The molecule has 192 valence electrons. The van der Waals surface area contributed by atoms with Crippen LogP contribution in [0.25, 0.3) is 33.4 Å². The summed E-state index contributed by atoms with van der Waals surface area (Å²) in [4.78, 5) is 0. The normalized spacial score (nSPS) is 10.3. The SMILES string of the molecule is C[C](C)=[Zr+2].Cc1[c-]c(-c2ccccc2)cc2c1Cc1c(C)cc(-c3ccccc3)cc1-2.[Cl-].[Cl-].c1cc[cH-]c1. The molecule has 0 spiro atoms. The van der Waals surface area contributed by atoms with E-state index >= 15 is 0 Å². The predicted octanol–water partition coefficient (Wildman–Crippen LogP) is 3.17. The molecule has 0 saturated heterocycles. The number of hydrogen-bond donors (Lipinski definition) is 0. The second kappa shape index (κ2) is 15.2. The second-order valence-electron chi connectivity index (χ2n) is 9.39. The van der Waals surface area contributed by atoms with Crippen LogP contribution in [0.3, 0.4) is 0 Å². The van der Waals surface area contributed by atoms with Gasteiger partial charge < -0.3 is 24.8 Å². The van der Waals surface area contributed by atoms with Gasteiger partial charge in [0.1, 0.15) is 0 Å². The Hall–Kier alpha value is -2.44. The standard InChI is InChI=1S/C27H21.C5H5.C3H6.2ClH.Zr/c1-18-13-22(20-9-5-3-6-10-20)15-26-24(18)17-25-19(2)14-23(16-27(25)26)21-11-7-4-8-12-21;1-2-4-5-3-1;1-3-2;;;/h3-13,15-16H,17H2,1-2H3;1-5H;1-2H3;2*1H;/q2*-1;;;;+2/p-2. The van der Waals surface area contributed by atoms with Gasteiger partial charge >= 0.3 is 41.3 Å². The molecular weight excluding hydrogens is 583 g/mol. The summed E-state index contributed by atoms with van der Waals surface area (Å²) < 4.78 is 1.51. The van der Waals surface area contributed by atoms with Crippen LogP contribution in [0.1, 0.15) is 36.1 Å². The summed E-state index contributed by atoms with van der Waals surface area (Å²) in [5, 5.41) is 0. The van der Waals surface area contributed by atoms with E-state index in [9.17, 15) is 0 Å². The molecule has 0 heterocycles. The maximum atomic E-state index is 3.62. The first kappa shape index (κ1) is 31.8. The summed E-state index contributed by atoms with van der Waals surface area (Å²) >= 11 is 1.55. The largest absolute Gasteiger partial charge is 1.00 e. The number of halogens is 2. The Morgan fingerprint density at radius 3 is 1.74 bits per heavy atom. The third-order valence-electron chi connectivity index (χ3n) is 6.25. The number of rotatable bonds is 2. The molecule has 1 aliphatic carbocycles. The van der Waals surface area contributed by atoms with Crippen LogP contribution in [-0.4, -0.2) is 3.21 Å². The molecular formula is C35H32Cl2Zr-2. The first-order valence-electron chi connectivity index (χ1n) is 12.4. The zero-order chi connectivity index (χ0) is 25.5. The summed E-state index contributed by atoms with van der Waals surface area (Å²) in [5.41, 5.74) is 13.3. The Kier molecular flexibility index (Phi) is 12.7. The van der Waals surface area contributed by atoms with Gasteiger partial charge in [0.15, 0.2) is 0 Å². The molecule has 0 N–H and O–H groups in total. The zero-order valence-electron chi connectivity index (χ0n) is 22.4. The third kappa shape index (κ3) is 8.03. The van der Waals surface area contributed by atoms with Crippen molar-refractivity contribution in [2.45, 2.75) is 34.1 Å². The van der Waals surface area contributed by atoms with Crippen molar-refractivity contribution in [3.8, 4) is 33.4 Å². The van der Waals surface area contributed by atoms with E-state index in [-0.39, 0.29) is 24.8 Å². The van der Waals surface area contributed by atoms with Crippen molar-refractivity contribution in [3.63, 3.8) is 0 Å². The van der Waals surface area contributed by atoms with Gasteiger partial charge in [-0.25, -0.2) is 12.1 Å². The van der Waals surface area contributed by atoms with Crippen LogP contribution < -0.4 is 24.8 Å². The fraction of sp³-hybridized carbons (Fsp3) is 0.143. The van der Waals surface area contributed by atoms with E-state index in [0.717, 1.165) is 6.42 Å². The molecule has 0 fully saturated rings. The predicted molar refractivity (Wildman–Crippen MR) is 152 cm³/mol. The van der Waals surface area contributed by atoms with Gasteiger partial charge in [0.2, 0.25) is 0 Å². The van der Waals surface area contributed by atoms with E-state index in [1.54, 1.807) is 24.2 Å².